The maximum absolute atomic E-state index is 12.8. The van der Waals surface area contributed by atoms with Crippen LogP contribution in [-0.4, -0.2) is 49.5 Å². The normalized spacial score (nSPS) is 14.1. The minimum absolute atomic E-state index is 0.114. The van der Waals surface area contributed by atoms with E-state index in [0.29, 0.717) is 33.9 Å². The van der Waals surface area contributed by atoms with Crippen LogP contribution in [0.15, 0.2) is 47.3 Å². The molecule has 5 rings (SSSR count). The fourth-order valence-corrected chi connectivity index (χ4v) is 3.86. The van der Waals surface area contributed by atoms with Gasteiger partial charge in [-0.2, -0.15) is 9.78 Å². The smallest absolute Gasteiger partial charge is 0.288 e. The van der Waals surface area contributed by atoms with Crippen molar-refractivity contribution >= 4 is 17.3 Å². The van der Waals surface area contributed by atoms with Gasteiger partial charge >= 0.3 is 0 Å². The Hall–Kier alpha value is -4.81. The number of nitro benzene ring substituents is 1. The maximum atomic E-state index is 12.8. The highest BCUT2D eigenvalue weighted by atomic mass is 16.6. The second-order valence-corrected chi connectivity index (χ2v) is 7.08. The highest BCUT2D eigenvalue weighted by Gasteiger charge is 2.36. The average molecular weight is 448 g/mol. The quantitative estimate of drug-likeness (QED) is 0.300. The van der Waals surface area contributed by atoms with Gasteiger partial charge in [0.2, 0.25) is 5.95 Å². The maximum Gasteiger partial charge on any atom is 0.288 e. The molecule has 2 aromatic carbocycles. The lowest BCUT2D eigenvalue weighted by molar-refractivity contribution is -0.384. The summed E-state index contributed by atoms with van der Waals surface area (Å²) < 4.78 is 12.5. The predicted molar refractivity (Wildman–Crippen MR) is 115 cm³/mol. The second kappa shape index (κ2) is 7.71. The van der Waals surface area contributed by atoms with Crippen LogP contribution in [-0.2, 0) is 0 Å². The van der Waals surface area contributed by atoms with E-state index in [9.17, 15) is 14.9 Å². The van der Waals surface area contributed by atoms with Crippen LogP contribution in [0.4, 0.5) is 17.3 Å². The van der Waals surface area contributed by atoms with Crippen LogP contribution < -0.4 is 20.3 Å². The first-order valence-corrected chi connectivity index (χ1v) is 9.66. The molecule has 0 bridgehead atoms. The molecule has 1 atom stereocenters. The predicted octanol–water partition coefficient (Wildman–Crippen LogP) is 2.04. The first-order valence-electron chi connectivity index (χ1n) is 9.66. The SMILES string of the molecule is COc1ccc(OC)c(C2c3c(-c4cccc([N+](=O)[O-])c4)n[nH]c(=O)c3Nc3nnnn32)c1. The van der Waals surface area contributed by atoms with Gasteiger partial charge in [0.25, 0.3) is 11.2 Å². The van der Waals surface area contributed by atoms with Gasteiger partial charge in [-0.05, 0) is 28.6 Å². The van der Waals surface area contributed by atoms with Gasteiger partial charge in [0.1, 0.15) is 23.2 Å². The number of anilines is 2. The lowest BCUT2D eigenvalue weighted by Gasteiger charge is -2.28. The van der Waals surface area contributed by atoms with Crippen molar-refractivity contribution in [3.8, 4) is 22.8 Å². The molecule has 3 heterocycles. The van der Waals surface area contributed by atoms with Crippen LogP contribution in [0.5, 0.6) is 11.5 Å². The van der Waals surface area contributed by atoms with Crippen molar-refractivity contribution in [1.29, 1.82) is 0 Å². The van der Waals surface area contributed by atoms with Crippen LogP contribution in [0.25, 0.3) is 11.3 Å². The molecule has 0 amide bonds. The zero-order valence-corrected chi connectivity index (χ0v) is 17.3. The Balaban J connectivity index is 1.84. The standard InChI is InChI=1S/C20H16N8O5/c1-32-12-6-7-14(33-2)13(9-12)18-15-16(10-4-3-5-11(8-10)28(30)31)22-23-19(29)17(15)21-20-24-25-26-27(18)20/h3-9,18H,1-2H3,(H,23,29)(H,21,24,26). The van der Waals surface area contributed by atoms with E-state index in [1.807, 2.05) is 0 Å². The molecule has 1 aliphatic heterocycles. The Bertz CT molecular complexity index is 1450. The molecule has 0 saturated heterocycles. The van der Waals surface area contributed by atoms with Gasteiger partial charge in [-0.25, -0.2) is 5.10 Å². The summed E-state index contributed by atoms with van der Waals surface area (Å²) in [6.07, 6.45) is 0. The van der Waals surface area contributed by atoms with Crippen LogP contribution in [0.2, 0.25) is 0 Å². The molecule has 166 valence electrons. The van der Waals surface area contributed by atoms with Crippen molar-refractivity contribution in [3.63, 3.8) is 0 Å². The number of nitro groups is 1. The molecule has 2 aromatic heterocycles. The van der Waals surface area contributed by atoms with E-state index < -0.39 is 16.5 Å². The largest absolute Gasteiger partial charge is 0.497 e. The minimum Gasteiger partial charge on any atom is -0.497 e. The molecule has 2 N–H and O–H groups in total. The van der Waals surface area contributed by atoms with Crippen molar-refractivity contribution in [3.05, 3.63) is 74.1 Å². The Labute approximate surface area is 185 Å². The summed E-state index contributed by atoms with van der Waals surface area (Å²) in [6, 6.07) is 10.5. The van der Waals surface area contributed by atoms with Crippen LogP contribution in [0.3, 0.4) is 0 Å². The van der Waals surface area contributed by atoms with E-state index in [0.717, 1.165) is 0 Å². The number of aromatic amines is 1. The first kappa shape index (κ1) is 20.1. The molecule has 13 nitrogen and oxygen atoms in total. The summed E-state index contributed by atoms with van der Waals surface area (Å²) in [5.41, 5.74) is 1.33. The van der Waals surface area contributed by atoms with Crippen LogP contribution in [0, 0.1) is 10.1 Å². The number of nitrogens with one attached hydrogen (secondary N) is 2. The molecule has 0 radical (unpaired) electrons. The third-order valence-electron chi connectivity index (χ3n) is 5.33. The van der Waals surface area contributed by atoms with Crippen molar-refractivity contribution in [2.45, 2.75) is 6.04 Å². The summed E-state index contributed by atoms with van der Waals surface area (Å²) in [5.74, 6) is 1.29. The van der Waals surface area contributed by atoms with E-state index in [4.69, 9.17) is 9.47 Å². The van der Waals surface area contributed by atoms with E-state index >= 15 is 0 Å². The lowest BCUT2D eigenvalue weighted by atomic mass is 9.91. The average Bonchev–Trinajstić information content (AvgIpc) is 3.31. The Morgan fingerprint density at radius 2 is 2.00 bits per heavy atom. The highest BCUT2D eigenvalue weighted by molar-refractivity contribution is 5.76. The summed E-state index contributed by atoms with van der Waals surface area (Å²) in [4.78, 5) is 23.6. The van der Waals surface area contributed by atoms with E-state index in [2.05, 4.69) is 31.0 Å². The Morgan fingerprint density at radius 1 is 1.15 bits per heavy atom. The van der Waals surface area contributed by atoms with Crippen molar-refractivity contribution < 1.29 is 14.4 Å². The molecule has 1 aliphatic rings. The molecule has 0 fully saturated rings. The van der Waals surface area contributed by atoms with Gasteiger partial charge in [0.15, 0.2) is 0 Å². The lowest BCUT2D eigenvalue weighted by Crippen LogP contribution is -2.29. The summed E-state index contributed by atoms with van der Waals surface area (Å²) in [6.45, 7) is 0. The zero-order chi connectivity index (χ0) is 23.1. The minimum atomic E-state index is -0.750. The molecule has 0 aliphatic carbocycles. The molecule has 0 saturated carbocycles. The van der Waals surface area contributed by atoms with Gasteiger partial charge in [-0.1, -0.05) is 17.2 Å². The number of hydrogen-bond acceptors (Lipinski definition) is 10. The number of rotatable bonds is 5. The highest BCUT2D eigenvalue weighted by Crippen LogP contribution is 2.44. The monoisotopic (exact) mass is 448 g/mol. The number of nitrogens with zero attached hydrogens (tertiary/aromatic N) is 6. The number of hydrogen-bond donors (Lipinski definition) is 2. The van der Waals surface area contributed by atoms with Gasteiger partial charge in [-0.3, -0.25) is 14.9 Å². The van der Waals surface area contributed by atoms with Crippen molar-refractivity contribution in [2.24, 2.45) is 0 Å². The van der Waals surface area contributed by atoms with Gasteiger partial charge in [0, 0.05) is 28.8 Å². The first-order chi connectivity index (χ1) is 16.0. The van der Waals surface area contributed by atoms with Gasteiger partial charge in [0.05, 0.1) is 24.8 Å². The Kier molecular flexibility index (Phi) is 4.70. The number of fused-ring (bicyclic) bond motifs is 2. The molecule has 4 aromatic rings. The number of aromatic nitrogens is 6. The third-order valence-corrected chi connectivity index (χ3v) is 5.33. The van der Waals surface area contributed by atoms with Crippen LogP contribution >= 0.6 is 0 Å². The number of benzene rings is 2. The van der Waals surface area contributed by atoms with E-state index in [-0.39, 0.29) is 17.3 Å². The van der Waals surface area contributed by atoms with Gasteiger partial charge < -0.3 is 14.8 Å². The fourth-order valence-electron chi connectivity index (χ4n) is 3.86. The molecule has 0 spiro atoms. The Morgan fingerprint density at radius 3 is 2.76 bits per heavy atom. The summed E-state index contributed by atoms with van der Waals surface area (Å²) >= 11 is 0. The number of ether oxygens (including phenoxy) is 2. The molecule has 33 heavy (non-hydrogen) atoms. The fraction of sp³-hybridized carbons (Fsp3) is 0.150. The number of tetrazole rings is 1. The van der Waals surface area contributed by atoms with Crippen LogP contribution in [0.1, 0.15) is 17.2 Å². The molecule has 1 unspecified atom stereocenters. The number of non-ortho nitro benzene ring substituents is 1. The number of H-pyrrole nitrogens is 1. The molecular formula is C20H16N8O5. The second-order valence-electron chi connectivity index (χ2n) is 7.08. The third kappa shape index (κ3) is 3.22. The van der Waals surface area contributed by atoms with E-state index in [1.165, 1.54) is 31.0 Å². The van der Waals surface area contributed by atoms with Gasteiger partial charge in [-0.15, -0.1) is 0 Å². The topological polar surface area (TPSA) is 163 Å². The molecule has 13 heteroatoms. The summed E-state index contributed by atoms with van der Waals surface area (Å²) in [5, 5.41) is 32.8. The number of methoxy groups -OCH3 is 2. The summed E-state index contributed by atoms with van der Waals surface area (Å²) in [7, 11) is 3.05. The van der Waals surface area contributed by atoms with E-state index in [1.54, 1.807) is 30.3 Å². The van der Waals surface area contributed by atoms with Crippen molar-refractivity contribution in [1.82, 2.24) is 30.4 Å². The zero-order valence-electron chi connectivity index (χ0n) is 17.3. The molecular weight excluding hydrogens is 432 g/mol. The van der Waals surface area contributed by atoms with Crippen molar-refractivity contribution in [2.75, 3.05) is 19.5 Å².